The van der Waals surface area contributed by atoms with Crippen LogP contribution in [0.1, 0.15) is 30.5 Å². The summed E-state index contributed by atoms with van der Waals surface area (Å²) in [4.78, 5) is 30.6. The number of amides is 2. The molecule has 27 heavy (non-hydrogen) atoms. The maximum Gasteiger partial charge on any atom is 0.229 e. The second kappa shape index (κ2) is 7.39. The summed E-state index contributed by atoms with van der Waals surface area (Å²) in [5.74, 6) is -0.648. The van der Waals surface area contributed by atoms with Gasteiger partial charge in [-0.05, 0) is 18.6 Å². The van der Waals surface area contributed by atoms with E-state index < -0.39 is 5.92 Å². The van der Waals surface area contributed by atoms with Crippen LogP contribution in [0.4, 0.5) is 5.13 Å². The Labute approximate surface area is 159 Å². The number of nitrogens with zero attached hydrogens (tertiary/aromatic N) is 5. The molecule has 3 aromatic heterocycles. The number of anilines is 1. The van der Waals surface area contributed by atoms with E-state index in [1.54, 1.807) is 11.1 Å². The predicted molar refractivity (Wildman–Crippen MR) is 100 cm³/mol. The van der Waals surface area contributed by atoms with Crippen molar-refractivity contribution in [3.63, 3.8) is 0 Å². The van der Waals surface area contributed by atoms with Crippen molar-refractivity contribution in [2.24, 2.45) is 5.92 Å². The number of carbonyl (C=O) groups excluding carboxylic acids is 2. The van der Waals surface area contributed by atoms with Crippen LogP contribution >= 0.6 is 11.3 Å². The Kier molecular flexibility index (Phi) is 4.80. The van der Waals surface area contributed by atoms with E-state index >= 15 is 0 Å². The van der Waals surface area contributed by atoms with Gasteiger partial charge in [-0.25, -0.2) is 4.98 Å². The predicted octanol–water partition coefficient (Wildman–Crippen LogP) is 1.43. The van der Waals surface area contributed by atoms with Crippen LogP contribution in [-0.2, 0) is 22.6 Å². The number of rotatable bonds is 6. The topological polar surface area (TPSA) is 117 Å². The highest BCUT2D eigenvalue weighted by atomic mass is 32.1. The van der Waals surface area contributed by atoms with Crippen molar-refractivity contribution in [1.29, 1.82) is 0 Å². The third kappa shape index (κ3) is 3.52. The lowest BCUT2D eigenvalue weighted by Gasteiger charge is -2.12. The zero-order valence-corrected chi connectivity index (χ0v) is 15.6. The van der Waals surface area contributed by atoms with Crippen LogP contribution < -0.4 is 10.2 Å². The van der Waals surface area contributed by atoms with Gasteiger partial charge < -0.3 is 5.32 Å². The number of hydrogen-bond donors (Lipinski definition) is 2. The van der Waals surface area contributed by atoms with Gasteiger partial charge in [0.1, 0.15) is 5.01 Å². The standard InChI is InChI=1S/C17H19N7O2S/c1-2-4-13-21-23-17(27-13)24-9-10(7-14(24)25)16(26)19-8-12-11-5-3-6-18-15(11)22-20-12/h3,5-6,10H,2,4,7-9H2,1H3,(H,19,26)(H,18,20,22). The van der Waals surface area contributed by atoms with E-state index in [1.807, 2.05) is 12.1 Å². The first-order valence-electron chi connectivity index (χ1n) is 8.84. The molecule has 1 aliphatic heterocycles. The Morgan fingerprint density at radius 2 is 2.33 bits per heavy atom. The number of aryl methyl sites for hydroxylation is 1. The number of carbonyl (C=O) groups is 2. The van der Waals surface area contributed by atoms with Crippen LogP contribution in [0.25, 0.3) is 11.0 Å². The maximum absolute atomic E-state index is 12.5. The van der Waals surface area contributed by atoms with E-state index in [9.17, 15) is 9.59 Å². The van der Waals surface area contributed by atoms with Gasteiger partial charge in [-0.2, -0.15) is 5.10 Å². The van der Waals surface area contributed by atoms with Crippen molar-refractivity contribution in [1.82, 2.24) is 30.7 Å². The first-order chi connectivity index (χ1) is 13.2. The van der Waals surface area contributed by atoms with Crippen molar-refractivity contribution >= 4 is 39.3 Å². The molecule has 0 spiro atoms. The molecular weight excluding hydrogens is 366 g/mol. The van der Waals surface area contributed by atoms with Crippen LogP contribution in [0.15, 0.2) is 18.3 Å². The number of nitrogens with one attached hydrogen (secondary N) is 2. The summed E-state index contributed by atoms with van der Waals surface area (Å²) >= 11 is 1.42. The third-order valence-corrected chi connectivity index (χ3v) is 5.50. The summed E-state index contributed by atoms with van der Waals surface area (Å²) in [6, 6.07) is 3.73. The van der Waals surface area contributed by atoms with Crippen LogP contribution in [0.2, 0.25) is 0 Å². The molecular formula is C17H19N7O2S. The highest BCUT2D eigenvalue weighted by Gasteiger charge is 2.36. The summed E-state index contributed by atoms with van der Waals surface area (Å²) in [5, 5.41) is 20.5. The number of H-pyrrole nitrogens is 1. The Morgan fingerprint density at radius 1 is 1.44 bits per heavy atom. The Balaban J connectivity index is 1.38. The lowest BCUT2D eigenvalue weighted by molar-refractivity contribution is -0.126. The molecule has 1 saturated heterocycles. The first kappa shape index (κ1) is 17.5. The number of fused-ring (bicyclic) bond motifs is 1. The summed E-state index contributed by atoms with van der Waals surface area (Å²) in [7, 11) is 0. The zero-order valence-electron chi connectivity index (χ0n) is 14.8. The molecule has 0 radical (unpaired) electrons. The van der Waals surface area contributed by atoms with Gasteiger partial charge in [0.2, 0.25) is 16.9 Å². The maximum atomic E-state index is 12.5. The number of aromatic amines is 1. The number of pyridine rings is 1. The molecule has 140 valence electrons. The lowest BCUT2D eigenvalue weighted by atomic mass is 10.1. The van der Waals surface area contributed by atoms with Crippen LogP contribution in [0.5, 0.6) is 0 Å². The quantitative estimate of drug-likeness (QED) is 0.663. The largest absolute Gasteiger partial charge is 0.350 e. The summed E-state index contributed by atoms with van der Waals surface area (Å²) in [6.07, 6.45) is 3.67. The second-order valence-electron chi connectivity index (χ2n) is 6.43. The molecule has 1 atom stereocenters. The molecule has 10 heteroatoms. The van der Waals surface area contributed by atoms with Gasteiger partial charge in [0.05, 0.1) is 18.2 Å². The van der Waals surface area contributed by atoms with Gasteiger partial charge in [-0.1, -0.05) is 18.3 Å². The molecule has 4 heterocycles. The zero-order chi connectivity index (χ0) is 18.8. The van der Waals surface area contributed by atoms with Crippen molar-refractivity contribution < 1.29 is 9.59 Å². The molecule has 1 aliphatic rings. The summed E-state index contributed by atoms with van der Waals surface area (Å²) < 4.78 is 0. The minimum atomic E-state index is -0.400. The fourth-order valence-corrected chi connectivity index (χ4v) is 4.06. The van der Waals surface area contributed by atoms with Crippen molar-refractivity contribution in [3.8, 4) is 0 Å². The molecule has 1 fully saturated rings. The minimum absolute atomic E-state index is 0.0921. The molecule has 3 aromatic rings. The number of aromatic nitrogens is 5. The lowest BCUT2D eigenvalue weighted by Crippen LogP contribution is -2.32. The Bertz CT molecular complexity index is 982. The van der Waals surface area contributed by atoms with Crippen molar-refractivity contribution in [2.75, 3.05) is 11.4 Å². The minimum Gasteiger partial charge on any atom is -0.350 e. The summed E-state index contributed by atoms with van der Waals surface area (Å²) in [5.41, 5.74) is 1.41. The fourth-order valence-electron chi connectivity index (χ4n) is 3.09. The van der Waals surface area contributed by atoms with Gasteiger partial charge in [0.25, 0.3) is 0 Å². The van der Waals surface area contributed by atoms with Gasteiger partial charge >= 0.3 is 0 Å². The molecule has 2 N–H and O–H groups in total. The Morgan fingerprint density at radius 3 is 3.19 bits per heavy atom. The first-order valence-corrected chi connectivity index (χ1v) is 9.65. The van der Waals surface area contributed by atoms with E-state index in [4.69, 9.17) is 0 Å². The van der Waals surface area contributed by atoms with E-state index in [0.717, 1.165) is 28.9 Å². The average molecular weight is 385 g/mol. The van der Waals surface area contributed by atoms with Crippen molar-refractivity contribution in [3.05, 3.63) is 29.0 Å². The molecule has 2 amide bonds. The Hall–Kier alpha value is -2.88. The fraction of sp³-hybridized carbons (Fsp3) is 0.412. The summed E-state index contributed by atoms with van der Waals surface area (Å²) in [6.45, 7) is 2.71. The van der Waals surface area contributed by atoms with Crippen LogP contribution in [0, 0.1) is 5.92 Å². The van der Waals surface area contributed by atoms with E-state index in [0.29, 0.717) is 23.9 Å². The van der Waals surface area contributed by atoms with Gasteiger partial charge in [-0.15, -0.1) is 10.2 Å². The van der Waals surface area contributed by atoms with E-state index in [2.05, 4.69) is 37.6 Å². The second-order valence-corrected chi connectivity index (χ2v) is 7.47. The smallest absolute Gasteiger partial charge is 0.229 e. The van der Waals surface area contributed by atoms with Gasteiger partial charge in [0, 0.05) is 31.0 Å². The highest BCUT2D eigenvalue weighted by molar-refractivity contribution is 7.15. The molecule has 0 aromatic carbocycles. The van der Waals surface area contributed by atoms with Crippen molar-refractivity contribution in [2.45, 2.75) is 32.7 Å². The average Bonchev–Trinajstić information content (AvgIpc) is 3.38. The van der Waals surface area contributed by atoms with Crippen LogP contribution in [0.3, 0.4) is 0 Å². The van der Waals surface area contributed by atoms with E-state index in [-0.39, 0.29) is 18.2 Å². The van der Waals surface area contributed by atoms with Gasteiger partial charge in [0.15, 0.2) is 5.65 Å². The molecule has 0 aliphatic carbocycles. The molecule has 9 nitrogen and oxygen atoms in total. The number of hydrogen-bond acceptors (Lipinski definition) is 7. The van der Waals surface area contributed by atoms with Crippen LogP contribution in [-0.4, -0.2) is 43.7 Å². The molecule has 0 saturated carbocycles. The normalized spacial score (nSPS) is 17.0. The third-order valence-electron chi connectivity index (χ3n) is 4.49. The molecule has 4 rings (SSSR count). The highest BCUT2D eigenvalue weighted by Crippen LogP contribution is 2.28. The molecule has 0 bridgehead atoms. The van der Waals surface area contributed by atoms with E-state index in [1.165, 1.54) is 11.3 Å². The van der Waals surface area contributed by atoms with Gasteiger partial charge in [-0.3, -0.25) is 19.6 Å². The SMILES string of the molecule is CCCc1nnc(N2CC(C(=O)NCc3[nH]nc4ncccc34)CC2=O)s1. The molecule has 1 unspecified atom stereocenters. The monoisotopic (exact) mass is 385 g/mol.